The first-order chi connectivity index (χ1) is 11.8. The molecule has 1 heterocycles. The number of aromatic amines is 1. The molecule has 0 atom stereocenters. The largest absolute Gasteiger partial charge is 0.486 e. The van der Waals surface area contributed by atoms with E-state index in [-0.39, 0.29) is 0 Å². The molecule has 0 aliphatic carbocycles. The van der Waals surface area contributed by atoms with E-state index in [1.807, 2.05) is 30.3 Å². The highest BCUT2D eigenvalue weighted by molar-refractivity contribution is 7.99. The molecule has 0 unspecified atom stereocenters. The quantitative estimate of drug-likeness (QED) is 0.614. The Balaban J connectivity index is 1.45. The van der Waals surface area contributed by atoms with Crippen LogP contribution in [0.2, 0.25) is 5.02 Å². The van der Waals surface area contributed by atoms with Crippen LogP contribution in [0.4, 0.5) is 0 Å². The number of rotatable bonds is 7. The van der Waals surface area contributed by atoms with Gasteiger partial charge in [-0.15, -0.1) is 5.10 Å². The number of hydrogen-bond acceptors (Lipinski definition) is 4. The molecule has 0 saturated heterocycles. The van der Waals surface area contributed by atoms with Gasteiger partial charge in [-0.2, -0.15) is 0 Å². The van der Waals surface area contributed by atoms with Crippen LogP contribution in [0.15, 0.2) is 65.8 Å². The minimum atomic E-state index is 0.342. The summed E-state index contributed by atoms with van der Waals surface area (Å²) in [7, 11) is 0. The molecule has 1 N–H and O–H groups in total. The van der Waals surface area contributed by atoms with E-state index in [4.69, 9.17) is 16.3 Å². The van der Waals surface area contributed by atoms with Crippen molar-refractivity contribution in [1.29, 1.82) is 0 Å². The van der Waals surface area contributed by atoms with Gasteiger partial charge >= 0.3 is 0 Å². The van der Waals surface area contributed by atoms with E-state index in [0.29, 0.717) is 22.6 Å². The summed E-state index contributed by atoms with van der Waals surface area (Å²) in [5, 5.41) is 8.46. The van der Waals surface area contributed by atoms with Crippen molar-refractivity contribution in [1.82, 2.24) is 15.2 Å². The second-order valence-electron chi connectivity index (χ2n) is 4.93. The molecule has 4 nitrogen and oxygen atoms in total. The number of aromatic nitrogens is 3. The number of nitrogens with zero attached hydrogens (tertiary/aromatic N) is 2. The fourth-order valence-electron chi connectivity index (χ4n) is 1.96. The smallest absolute Gasteiger partial charge is 0.208 e. The average Bonchev–Trinajstić information content (AvgIpc) is 3.07. The Bertz CT molecular complexity index is 788. The molecule has 0 spiro atoms. The second-order valence-corrected chi connectivity index (χ2v) is 6.35. The lowest BCUT2D eigenvalue weighted by atomic mass is 10.2. The van der Waals surface area contributed by atoms with Gasteiger partial charge in [0, 0.05) is 10.8 Å². The number of H-pyrrole nitrogens is 1. The lowest BCUT2D eigenvalue weighted by Crippen LogP contribution is -1.97. The van der Waals surface area contributed by atoms with Crippen molar-refractivity contribution in [2.75, 3.05) is 5.75 Å². The monoisotopic (exact) mass is 357 g/mol. The summed E-state index contributed by atoms with van der Waals surface area (Å²) in [5.74, 6) is 2.25. The van der Waals surface area contributed by atoms with Gasteiger partial charge in [0.25, 0.3) is 0 Å². The van der Waals surface area contributed by atoms with Crippen LogP contribution in [-0.2, 0) is 6.61 Å². The van der Waals surface area contributed by atoms with Gasteiger partial charge in [-0.1, -0.05) is 65.8 Å². The summed E-state index contributed by atoms with van der Waals surface area (Å²) >= 11 is 7.41. The van der Waals surface area contributed by atoms with Crippen molar-refractivity contribution in [2.24, 2.45) is 0 Å². The zero-order valence-electron chi connectivity index (χ0n) is 12.9. The summed E-state index contributed by atoms with van der Waals surface area (Å²) < 4.78 is 5.63. The summed E-state index contributed by atoms with van der Waals surface area (Å²) in [4.78, 5) is 4.40. The van der Waals surface area contributed by atoms with Crippen LogP contribution in [0.25, 0.3) is 6.08 Å². The molecule has 3 aromatic rings. The van der Waals surface area contributed by atoms with Gasteiger partial charge in [0.2, 0.25) is 5.16 Å². The van der Waals surface area contributed by atoms with Gasteiger partial charge in [-0.3, -0.25) is 5.10 Å². The van der Waals surface area contributed by atoms with E-state index in [9.17, 15) is 0 Å². The van der Waals surface area contributed by atoms with Crippen LogP contribution < -0.4 is 4.74 Å². The molecular formula is C18H16ClN3OS. The Hall–Kier alpha value is -2.24. The van der Waals surface area contributed by atoms with Crippen LogP contribution in [0.5, 0.6) is 5.75 Å². The highest BCUT2D eigenvalue weighted by Gasteiger charge is 2.04. The van der Waals surface area contributed by atoms with Crippen LogP contribution in [0, 0.1) is 0 Å². The first kappa shape index (κ1) is 16.6. The van der Waals surface area contributed by atoms with E-state index in [1.165, 1.54) is 5.56 Å². The number of benzene rings is 2. The van der Waals surface area contributed by atoms with Gasteiger partial charge < -0.3 is 4.74 Å². The molecule has 3 rings (SSSR count). The predicted molar refractivity (Wildman–Crippen MR) is 98.4 cm³/mol. The van der Waals surface area contributed by atoms with Crippen molar-refractivity contribution >= 4 is 29.4 Å². The third kappa shape index (κ3) is 5.15. The van der Waals surface area contributed by atoms with Crippen LogP contribution >= 0.6 is 23.4 Å². The van der Waals surface area contributed by atoms with Crippen molar-refractivity contribution < 1.29 is 4.74 Å². The Morgan fingerprint density at radius 1 is 1.08 bits per heavy atom. The Morgan fingerprint density at radius 3 is 2.67 bits per heavy atom. The summed E-state index contributed by atoms with van der Waals surface area (Å²) in [5.41, 5.74) is 1.19. The first-order valence-corrected chi connectivity index (χ1v) is 8.80. The van der Waals surface area contributed by atoms with Crippen LogP contribution in [-0.4, -0.2) is 20.9 Å². The molecule has 0 saturated carbocycles. The number of ether oxygens (including phenoxy) is 1. The van der Waals surface area contributed by atoms with E-state index in [0.717, 1.165) is 11.5 Å². The first-order valence-electron chi connectivity index (χ1n) is 7.43. The molecule has 6 heteroatoms. The van der Waals surface area contributed by atoms with Gasteiger partial charge in [-0.05, 0) is 29.8 Å². The summed E-state index contributed by atoms with van der Waals surface area (Å²) in [6.45, 7) is 0.342. The highest BCUT2D eigenvalue weighted by atomic mass is 35.5. The summed E-state index contributed by atoms with van der Waals surface area (Å²) in [6.07, 6.45) is 4.18. The third-order valence-electron chi connectivity index (χ3n) is 3.12. The number of thioether (sulfide) groups is 1. The topological polar surface area (TPSA) is 50.8 Å². The molecule has 0 aliphatic rings. The van der Waals surface area contributed by atoms with E-state index >= 15 is 0 Å². The summed E-state index contributed by atoms with van der Waals surface area (Å²) in [6, 6.07) is 17.4. The number of halogens is 1. The SMILES string of the molecule is Clc1ccc(OCc2nc(SC/C=C/c3ccccc3)n[nH]2)cc1. The Labute approximate surface area is 149 Å². The molecule has 0 radical (unpaired) electrons. The van der Waals surface area contributed by atoms with Gasteiger partial charge in [-0.25, -0.2) is 4.98 Å². The molecule has 1 aromatic heterocycles. The highest BCUT2D eigenvalue weighted by Crippen LogP contribution is 2.17. The second kappa shape index (κ2) is 8.57. The zero-order chi connectivity index (χ0) is 16.6. The lowest BCUT2D eigenvalue weighted by molar-refractivity contribution is 0.296. The van der Waals surface area contributed by atoms with Gasteiger partial charge in [0.1, 0.15) is 12.4 Å². The van der Waals surface area contributed by atoms with Gasteiger partial charge in [0.05, 0.1) is 0 Å². The zero-order valence-corrected chi connectivity index (χ0v) is 14.4. The third-order valence-corrected chi connectivity index (χ3v) is 4.17. The van der Waals surface area contributed by atoms with Crippen molar-refractivity contribution in [2.45, 2.75) is 11.8 Å². The maximum Gasteiger partial charge on any atom is 0.208 e. The molecule has 0 bridgehead atoms. The van der Waals surface area contributed by atoms with Crippen molar-refractivity contribution in [3.05, 3.63) is 77.1 Å². The lowest BCUT2D eigenvalue weighted by Gasteiger charge is -2.02. The maximum atomic E-state index is 5.84. The van der Waals surface area contributed by atoms with E-state index in [1.54, 1.807) is 23.9 Å². The fourth-order valence-corrected chi connectivity index (χ4v) is 2.71. The molecule has 2 aromatic carbocycles. The fraction of sp³-hybridized carbons (Fsp3) is 0.111. The van der Waals surface area contributed by atoms with Crippen LogP contribution in [0.3, 0.4) is 0 Å². The Morgan fingerprint density at radius 2 is 1.88 bits per heavy atom. The molecule has 24 heavy (non-hydrogen) atoms. The van der Waals surface area contributed by atoms with Crippen molar-refractivity contribution in [3.8, 4) is 5.75 Å². The van der Waals surface area contributed by atoms with Gasteiger partial charge in [0.15, 0.2) is 5.82 Å². The number of hydrogen-bond donors (Lipinski definition) is 1. The molecule has 122 valence electrons. The van der Waals surface area contributed by atoms with Crippen molar-refractivity contribution in [3.63, 3.8) is 0 Å². The average molecular weight is 358 g/mol. The van der Waals surface area contributed by atoms with E-state index < -0.39 is 0 Å². The predicted octanol–water partition coefficient (Wildman–Crippen LogP) is 4.84. The molecular weight excluding hydrogens is 342 g/mol. The normalized spacial score (nSPS) is 11.0. The molecule has 0 aliphatic heterocycles. The standard InChI is InChI=1S/C18H16ClN3OS/c19-15-8-10-16(11-9-15)23-13-17-20-18(22-21-17)24-12-4-7-14-5-2-1-3-6-14/h1-11H,12-13H2,(H,20,21,22)/b7-4+. The Kier molecular flexibility index (Phi) is 5.93. The molecule has 0 fully saturated rings. The van der Waals surface area contributed by atoms with Crippen LogP contribution in [0.1, 0.15) is 11.4 Å². The van der Waals surface area contributed by atoms with E-state index in [2.05, 4.69) is 39.5 Å². The maximum absolute atomic E-state index is 5.84. The minimum Gasteiger partial charge on any atom is -0.486 e. The minimum absolute atomic E-state index is 0.342. The number of nitrogens with one attached hydrogen (secondary N) is 1. The molecule has 0 amide bonds.